The molecule has 0 amide bonds. The molecule has 0 aromatic heterocycles. The van der Waals surface area contributed by atoms with Crippen molar-refractivity contribution >= 4 is 17.9 Å². The molecule has 0 N–H and O–H groups in total. The van der Waals surface area contributed by atoms with Crippen LogP contribution in [0, 0.1) is 0 Å². The first-order valence-electron chi connectivity index (χ1n) is 24.1. The van der Waals surface area contributed by atoms with Crippen LogP contribution in [0.1, 0.15) is 213 Å². The van der Waals surface area contributed by atoms with E-state index in [2.05, 4.69) is 106 Å². The first-order valence-corrected chi connectivity index (χ1v) is 24.1. The smallest absolute Gasteiger partial charge is 0.306 e. The van der Waals surface area contributed by atoms with Crippen molar-refractivity contribution in [2.45, 2.75) is 219 Å². The number of allylic oxidation sites excluding steroid dienone is 14. The molecular formula is C53H88O6. The minimum atomic E-state index is -0.806. The Hall–Kier alpha value is -3.41. The van der Waals surface area contributed by atoms with E-state index in [1.807, 2.05) is 0 Å². The molecule has 0 rings (SSSR count). The van der Waals surface area contributed by atoms with Crippen LogP contribution in [0.4, 0.5) is 0 Å². The molecule has 1 atom stereocenters. The number of esters is 3. The molecule has 0 aliphatic heterocycles. The predicted molar refractivity (Wildman–Crippen MR) is 251 cm³/mol. The highest BCUT2D eigenvalue weighted by molar-refractivity contribution is 5.71. The van der Waals surface area contributed by atoms with Crippen LogP contribution in [-0.2, 0) is 28.6 Å². The van der Waals surface area contributed by atoms with E-state index < -0.39 is 6.10 Å². The molecule has 0 heterocycles. The van der Waals surface area contributed by atoms with Gasteiger partial charge in [-0.05, 0) is 96.3 Å². The fourth-order valence-corrected chi connectivity index (χ4v) is 6.27. The Morgan fingerprint density at radius 1 is 0.373 bits per heavy atom. The number of hydrogen-bond donors (Lipinski definition) is 0. The minimum absolute atomic E-state index is 0.104. The van der Waals surface area contributed by atoms with Crippen molar-refractivity contribution in [3.8, 4) is 0 Å². The molecule has 0 saturated carbocycles. The van der Waals surface area contributed by atoms with Crippen molar-refractivity contribution < 1.29 is 28.6 Å². The summed E-state index contributed by atoms with van der Waals surface area (Å²) in [6.07, 6.45) is 60.0. The van der Waals surface area contributed by atoms with Crippen LogP contribution < -0.4 is 0 Å². The summed E-state index contributed by atoms with van der Waals surface area (Å²) in [6, 6.07) is 0. The SMILES string of the molecule is CC/C=C\C/C=C\C/C=C\CCCC(=O)OCC(COC(=O)CCCCCCCC/C=C\C=C/CCCCC)OC(=O)CCCCCCCC/C=C\C=C/CCCCC. The second kappa shape index (κ2) is 47.3. The second-order valence-electron chi connectivity index (χ2n) is 15.7. The number of unbranched alkanes of at least 4 members (excludes halogenated alkanes) is 19. The fraction of sp³-hybridized carbons (Fsp3) is 0.679. The van der Waals surface area contributed by atoms with E-state index in [-0.39, 0.29) is 37.5 Å². The van der Waals surface area contributed by atoms with Gasteiger partial charge in [-0.25, -0.2) is 0 Å². The third-order valence-electron chi connectivity index (χ3n) is 9.91. The van der Waals surface area contributed by atoms with Crippen LogP contribution in [-0.4, -0.2) is 37.2 Å². The van der Waals surface area contributed by atoms with Gasteiger partial charge in [-0.15, -0.1) is 0 Å². The van der Waals surface area contributed by atoms with Crippen molar-refractivity contribution in [3.05, 3.63) is 85.1 Å². The molecule has 0 spiro atoms. The lowest BCUT2D eigenvalue weighted by molar-refractivity contribution is -0.167. The number of hydrogen-bond acceptors (Lipinski definition) is 6. The van der Waals surface area contributed by atoms with Crippen LogP contribution in [0.15, 0.2) is 85.1 Å². The van der Waals surface area contributed by atoms with Crippen LogP contribution in [0.5, 0.6) is 0 Å². The summed E-state index contributed by atoms with van der Waals surface area (Å²) in [5, 5.41) is 0. The van der Waals surface area contributed by atoms with Gasteiger partial charge in [-0.3, -0.25) is 14.4 Å². The summed E-state index contributed by atoms with van der Waals surface area (Å²) in [6.45, 7) is 6.37. The van der Waals surface area contributed by atoms with Crippen molar-refractivity contribution in [2.75, 3.05) is 13.2 Å². The molecule has 0 bridgehead atoms. The maximum absolute atomic E-state index is 12.8. The van der Waals surface area contributed by atoms with Gasteiger partial charge in [0.05, 0.1) is 0 Å². The molecule has 1 unspecified atom stereocenters. The average Bonchev–Trinajstić information content (AvgIpc) is 3.23. The van der Waals surface area contributed by atoms with Gasteiger partial charge in [0.15, 0.2) is 6.10 Å². The Bertz CT molecular complexity index is 1170. The first kappa shape index (κ1) is 55.6. The number of rotatable bonds is 42. The molecule has 0 radical (unpaired) electrons. The fourth-order valence-electron chi connectivity index (χ4n) is 6.27. The summed E-state index contributed by atoms with van der Waals surface area (Å²) >= 11 is 0. The molecule has 6 nitrogen and oxygen atoms in total. The highest BCUT2D eigenvalue weighted by atomic mass is 16.6. The number of carbonyl (C=O) groups excluding carboxylic acids is 3. The van der Waals surface area contributed by atoms with E-state index >= 15 is 0 Å². The van der Waals surface area contributed by atoms with Gasteiger partial charge >= 0.3 is 17.9 Å². The van der Waals surface area contributed by atoms with Gasteiger partial charge in [0.2, 0.25) is 0 Å². The Balaban J connectivity index is 4.48. The molecule has 6 heteroatoms. The topological polar surface area (TPSA) is 78.9 Å². The molecular weight excluding hydrogens is 733 g/mol. The van der Waals surface area contributed by atoms with Crippen molar-refractivity contribution in [3.63, 3.8) is 0 Å². The van der Waals surface area contributed by atoms with E-state index in [0.717, 1.165) is 83.5 Å². The minimum Gasteiger partial charge on any atom is -0.462 e. The van der Waals surface area contributed by atoms with E-state index in [1.165, 1.54) is 83.5 Å². The van der Waals surface area contributed by atoms with Gasteiger partial charge in [0.25, 0.3) is 0 Å². The normalized spacial score (nSPS) is 12.8. The molecule has 0 fully saturated rings. The third-order valence-corrected chi connectivity index (χ3v) is 9.91. The van der Waals surface area contributed by atoms with Gasteiger partial charge in [-0.2, -0.15) is 0 Å². The van der Waals surface area contributed by atoms with Crippen molar-refractivity contribution in [1.82, 2.24) is 0 Å². The largest absolute Gasteiger partial charge is 0.462 e. The van der Waals surface area contributed by atoms with Crippen LogP contribution in [0.2, 0.25) is 0 Å². The van der Waals surface area contributed by atoms with Gasteiger partial charge in [0, 0.05) is 19.3 Å². The summed E-state index contributed by atoms with van der Waals surface area (Å²) in [5.41, 5.74) is 0. The lowest BCUT2D eigenvalue weighted by Gasteiger charge is -2.18. The second-order valence-corrected chi connectivity index (χ2v) is 15.7. The third kappa shape index (κ3) is 45.5. The van der Waals surface area contributed by atoms with Crippen molar-refractivity contribution in [2.24, 2.45) is 0 Å². The molecule has 0 aromatic carbocycles. The van der Waals surface area contributed by atoms with E-state index in [1.54, 1.807) is 0 Å². The van der Waals surface area contributed by atoms with Crippen LogP contribution in [0.3, 0.4) is 0 Å². The number of ether oxygens (including phenoxy) is 3. The van der Waals surface area contributed by atoms with E-state index in [4.69, 9.17) is 14.2 Å². The van der Waals surface area contributed by atoms with E-state index in [9.17, 15) is 14.4 Å². The van der Waals surface area contributed by atoms with E-state index in [0.29, 0.717) is 19.3 Å². The highest BCUT2D eigenvalue weighted by Crippen LogP contribution is 2.13. The zero-order chi connectivity index (χ0) is 43.0. The van der Waals surface area contributed by atoms with Crippen LogP contribution in [0.25, 0.3) is 0 Å². The molecule has 0 aromatic rings. The molecule has 0 aliphatic carbocycles. The van der Waals surface area contributed by atoms with Gasteiger partial charge in [0.1, 0.15) is 13.2 Å². The Morgan fingerprint density at radius 3 is 1.19 bits per heavy atom. The van der Waals surface area contributed by atoms with Crippen molar-refractivity contribution in [1.29, 1.82) is 0 Å². The monoisotopic (exact) mass is 821 g/mol. The lowest BCUT2D eigenvalue weighted by atomic mass is 10.1. The number of carbonyl (C=O) groups is 3. The Morgan fingerprint density at radius 2 is 0.729 bits per heavy atom. The standard InChI is InChI=1S/C53H88O6/c1-4-7-10-13-16-19-22-24-26-28-31-34-37-40-43-46-52(55)58-49-50(48-57-51(54)45-42-39-36-33-30-21-18-15-12-9-6-3)59-53(56)47-44-41-38-35-32-29-27-25-23-20-17-14-11-8-5-2/h9,12,16-25,33,36,50H,4-8,10-11,13-15,26-32,34-35,37-49H2,1-3H3/b12-9-,19-16-,20-17-,21-18-,24-22-,25-23-,36-33-. The summed E-state index contributed by atoms with van der Waals surface area (Å²) in [7, 11) is 0. The lowest BCUT2D eigenvalue weighted by Crippen LogP contribution is -2.30. The molecule has 59 heavy (non-hydrogen) atoms. The Labute approximate surface area is 363 Å². The van der Waals surface area contributed by atoms with Gasteiger partial charge < -0.3 is 14.2 Å². The Kier molecular flexibility index (Phi) is 44.5. The average molecular weight is 821 g/mol. The highest BCUT2D eigenvalue weighted by Gasteiger charge is 2.19. The van der Waals surface area contributed by atoms with Crippen LogP contribution >= 0.6 is 0 Å². The summed E-state index contributed by atoms with van der Waals surface area (Å²) in [5.74, 6) is -0.989. The maximum Gasteiger partial charge on any atom is 0.306 e. The summed E-state index contributed by atoms with van der Waals surface area (Å²) < 4.78 is 16.7. The zero-order valence-electron chi connectivity index (χ0n) is 38.2. The summed E-state index contributed by atoms with van der Waals surface area (Å²) in [4.78, 5) is 37.8. The quantitative estimate of drug-likeness (QED) is 0.0201. The molecule has 336 valence electrons. The first-order chi connectivity index (χ1) is 29.0. The predicted octanol–water partition coefficient (Wildman–Crippen LogP) is 15.6. The molecule has 0 aliphatic rings. The zero-order valence-corrected chi connectivity index (χ0v) is 38.2. The van der Waals surface area contributed by atoms with Gasteiger partial charge in [-0.1, -0.05) is 183 Å². The molecule has 0 saturated heterocycles. The maximum atomic E-state index is 12.8.